The van der Waals surface area contributed by atoms with Crippen LogP contribution >= 0.6 is 11.8 Å². The van der Waals surface area contributed by atoms with Crippen molar-refractivity contribution in [2.45, 2.75) is 36.9 Å². The topological polar surface area (TPSA) is 90.7 Å². The number of urea groups is 1. The van der Waals surface area contributed by atoms with Crippen LogP contribution in [-0.4, -0.2) is 42.1 Å². The van der Waals surface area contributed by atoms with Gasteiger partial charge in [0.1, 0.15) is 6.54 Å². The number of benzene rings is 2. The number of carbonyl (C=O) groups excluding carboxylic acids is 3. The van der Waals surface area contributed by atoms with Crippen LogP contribution in [0, 0.1) is 11.3 Å². The molecule has 0 aromatic heterocycles. The Morgan fingerprint density at radius 1 is 1.19 bits per heavy atom. The first kappa shape index (κ1) is 26.3. The average molecular weight is 530 g/mol. The highest BCUT2D eigenvalue weighted by Crippen LogP contribution is 2.47. The number of nitriles is 1. The minimum absolute atomic E-state index is 0.0562. The third-order valence-electron chi connectivity index (χ3n) is 6.19. The van der Waals surface area contributed by atoms with Crippen molar-refractivity contribution in [2.24, 2.45) is 0 Å². The summed E-state index contributed by atoms with van der Waals surface area (Å²) in [5, 5.41) is 9.33. The molecule has 4 rings (SSSR count). The maximum absolute atomic E-state index is 13.9. The molecule has 11 heteroatoms. The van der Waals surface area contributed by atoms with Gasteiger partial charge >= 0.3 is 18.2 Å². The molecule has 1 unspecified atom stereocenters. The van der Waals surface area contributed by atoms with Crippen molar-refractivity contribution in [1.29, 1.82) is 5.26 Å². The van der Waals surface area contributed by atoms with E-state index in [-0.39, 0.29) is 36.5 Å². The van der Waals surface area contributed by atoms with Gasteiger partial charge in [0.05, 0.1) is 35.5 Å². The molecule has 0 radical (unpaired) electrons. The van der Waals surface area contributed by atoms with Crippen molar-refractivity contribution in [3.63, 3.8) is 0 Å². The lowest BCUT2D eigenvalue weighted by atomic mass is 9.92. The minimum Gasteiger partial charge on any atom is -0.465 e. The predicted molar refractivity (Wildman–Crippen MR) is 130 cm³/mol. The molecule has 0 fully saturated rings. The monoisotopic (exact) mass is 529 g/mol. The van der Waals surface area contributed by atoms with Crippen LogP contribution in [0.4, 0.5) is 23.7 Å². The second-order valence-electron chi connectivity index (χ2n) is 8.35. The number of rotatable bonds is 6. The van der Waals surface area contributed by atoms with Gasteiger partial charge in [-0.05, 0) is 55.5 Å². The number of hydrogen-bond donors (Lipinski definition) is 0. The Kier molecular flexibility index (Phi) is 7.32. The molecule has 0 spiro atoms. The highest BCUT2D eigenvalue weighted by molar-refractivity contribution is 7.98. The van der Waals surface area contributed by atoms with Crippen LogP contribution in [-0.2, 0) is 20.5 Å². The summed E-state index contributed by atoms with van der Waals surface area (Å²) in [7, 11) is 0. The number of allylic oxidation sites excluding steroid dienone is 1. The molecule has 2 amide bonds. The Bertz CT molecular complexity index is 1350. The average Bonchev–Trinajstić information content (AvgIpc) is 3.24. The van der Waals surface area contributed by atoms with Crippen LogP contribution in [0.1, 0.15) is 42.5 Å². The first-order valence-corrected chi connectivity index (χ1v) is 12.6. The number of ketones is 1. The van der Waals surface area contributed by atoms with E-state index in [1.54, 1.807) is 31.4 Å². The van der Waals surface area contributed by atoms with Crippen molar-refractivity contribution in [1.82, 2.24) is 4.90 Å². The summed E-state index contributed by atoms with van der Waals surface area (Å²) in [6.45, 7) is 1.14. The Balaban J connectivity index is 1.94. The zero-order chi connectivity index (χ0) is 26.9. The van der Waals surface area contributed by atoms with Crippen LogP contribution in [0.3, 0.4) is 0 Å². The van der Waals surface area contributed by atoms with Gasteiger partial charge in [-0.2, -0.15) is 18.4 Å². The first-order valence-electron chi connectivity index (χ1n) is 11.4. The van der Waals surface area contributed by atoms with Crippen molar-refractivity contribution in [2.75, 3.05) is 24.3 Å². The smallest absolute Gasteiger partial charge is 0.416 e. The Hall–Kier alpha value is -3.78. The van der Waals surface area contributed by atoms with E-state index in [0.717, 1.165) is 21.9 Å². The predicted octanol–water partition coefficient (Wildman–Crippen LogP) is 5.46. The zero-order valence-electron chi connectivity index (χ0n) is 20.0. The summed E-state index contributed by atoms with van der Waals surface area (Å²) in [4.78, 5) is 42.6. The molecule has 37 heavy (non-hydrogen) atoms. The van der Waals surface area contributed by atoms with E-state index < -0.39 is 36.3 Å². The van der Waals surface area contributed by atoms with E-state index >= 15 is 0 Å². The molecular weight excluding hydrogens is 507 g/mol. The molecular formula is C26H22F3N3O4S. The lowest BCUT2D eigenvalue weighted by Gasteiger charge is -2.42. The number of anilines is 1. The fourth-order valence-electron chi connectivity index (χ4n) is 4.64. The first-order chi connectivity index (χ1) is 17.6. The minimum atomic E-state index is -4.64. The molecule has 2 aliphatic rings. The lowest BCUT2D eigenvalue weighted by Crippen LogP contribution is -2.52. The van der Waals surface area contributed by atoms with Crippen molar-refractivity contribution >= 4 is 35.2 Å². The Labute approximate surface area is 215 Å². The fourth-order valence-corrected chi connectivity index (χ4v) is 5.30. The van der Waals surface area contributed by atoms with Gasteiger partial charge in [-0.15, -0.1) is 11.8 Å². The van der Waals surface area contributed by atoms with E-state index in [1.165, 1.54) is 23.9 Å². The highest BCUT2D eigenvalue weighted by atomic mass is 32.2. The Morgan fingerprint density at radius 3 is 2.59 bits per heavy atom. The molecule has 7 nitrogen and oxygen atoms in total. The highest BCUT2D eigenvalue weighted by Gasteiger charge is 2.47. The summed E-state index contributed by atoms with van der Waals surface area (Å²) in [5.74, 6) is -0.992. The van der Waals surface area contributed by atoms with Gasteiger partial charge in [0.15, 0.2) is 5.78 Å². The van der Waals surface area contributed by atoms with E-state index in [0.29, 0.717) is 21.7 Å². The van der Waals surface area contributed by atoms with Crippen LogP contribution in [0.15, 0.2) is 58.6 Å². The zero-order valence-corrected chi connectivity index (χ0v) is 20.8. The number of alkyl halides is 3. The number of carbonyl (C=O) groups is 3. The molecule has 2 aromatic rings. The van der Waals surface area contributed by atoms with Crippen LogP contribution in [0.2, 0.25) is 0 Å². The number of Topliss-reactive ketones (excluding diaryl/α,β-unsaturated/α-hetero) is 1. The molecule has 1 aliphatic carbocycles. The molecule has 1 atom stereocenters. The molecule has 0 saturated carbocycles. The molecule has 192 valence electrons. The second-order valence-corrected chi connectivity index (χ2v) is 9.20. The third-order valence-corrected chi connectivity index (χ3v) is 6.98. The summed E-state index contributed by atoms with van der Waals surface area (Å²) >= 11 is 1.31. The van der Waals surface area contributed by atoms with Crippen LogP contribution < -0.4 is 4.90 Å². The summed E-state index contributed by atoms with van der Waals surface area (Å²) in [6.07, 6.45) is -2.63. The van der Waals surface area contributed by atoms with Gasteiger partial charge in [0, 0.05) is 22.6 Å². The number of esters is 1. The number of amides is 2. The number of nitrogens with zero attached hydrogens (tertiary/aromatic N) is 3. The molecule has 0 bridgehead atoms. The van der Waals surface area contributed by atoms with E-state index in [4.69, 9.17) is 4.74 Å². The van der Waals surface area contributed by atoms with Gasteiger partial charge < -0.3 is 9.64 Å². The number of thioether (sulfide) groups is 1. The van der Waals surface area contributed by atoms with Crippen molar-refractivity contribution in [3.8, 4) is 6.07 Å². The number of hydrogen-bond acceptors (Lipinski definition) is 6. The molecule has 2 aromatic carbocycles. The molecule has 1 aliphatic heterocycles. The summed E-state index contributed by atoms with van der Waals surface area (Å²) in [5.41, 5.74) is 0.455. The van der Waals surface area contributed by atoms with Gasteiger partial charge in [-0.3, -0.25) is 14.5 Å². The van der Waals surface area contributed by atoms with E-state index in [9.17, 15) is 32.8 Å². The number of ether oxygens (including phenoxy) is 1. The van der Waals surface area contributed by atoms with Gasteiger partial charge in [0.2, 0.25) is 0 Å². The molecule has 0 saturated heterocycles. The quantitative estimate of drug-likeness (QED) is 0.365. The van der Waals surface area contributed by atoms with Crippen molar-refractivity contribution < 1.29 is 32.3 Å². The maximum Gasteiger partial charge on any atom is 0.416 e. The maximum atomic E-state index is 13.9. The fraction of sp³-hybridized carbons (Fsp3) is 0.308. The van der Waals surface area contributed by atoms with Crippen LogP contribution in [0.25, 0.3) is 0 Å². The molecule has 1 heterocycles. The SMILES string of the molecule is CCOC(=O)CN1C(=O)N(c2cccc(C(F)(F)F)c2)C2=C(C(=O)CC2)C1c1ccc(C#N)cc1SC. The Morgan fingerprint density at radius 2 is 1.95 bits per heavy atom. The lowest BCUT2D eigenvalue weighted by molar-refractivity contribution is -0.144. The van der Waals surface area contributed by atoms with E-state index in [1.807, 2.05) is 0 Å². The van der Waals surface area contributed by atoms with Crippen molar-refractivity contribution in [3.05, 3.63) is 70.4 Å². The second kappa shape index (κ2) is 10.3. The third kappa shape index (κ3) is 4.93. The molecule has 0 N–H and O–H groups in total. The largest absolute Gasteiger partial charge is 0.465 e. The van der Waals surface area contributed by atoms with Crippen LogP contribution in [0.5, 0.6) is 0 Å². The van der Waals surface area contributed by atoms with Gasteiger partial charge in [0.25, 0.3) is 0 Å². The van der Waals surface area contributed by atoms with E-state index in [2.05, 4.69) is 6.07 Å². The summed E-state index contributed by atoms with van der Waals surface area (Å²) in [6, 6.07) is 9.45. The van der Waals surface area contributed by atoms with Gasteiger partial charge in [-0.25, -0.2) is 4.79 Å². The number of halogens is 3. The normalized spacial score (nSPS) is 17.7. The summed E-state index contributed by atoms with van der Waals surface area (Å²) < 4.78 is 45.4. The van der Waals surface area contributed by atoms with Gasteiger partial charge in [-0.1, -0.05) is 12.1 Å². The standard InChI is InChI=1S/C26H22F3N3O4S/c1-3-36-22(34)14-31-24(18-8-7-15(13-30)11-21(18)37-2)23-19(9-10-20(23)33)32(25(31)35)17-6-4-5-16(12-17)26(27,28)29/h4-8,11-12,24H,3,9-10,14H2,1-2H3.